The highest BCUT2D eigenvalue weighted by molar-refractivity contribution is 7.89. The van der Waals surface area contributed by atoms with Gasteiger partial charge in [0.05, 0.1) is 11.4 Å². The van der Waals surface area contributed by atoms with Crippen molar-refractivity contribution in [2.75, 3.05) is 0 Å². The quantitative estimate of drug-likeness (QED) is 0.447. The summed E-state index contributed by atoms with van der Waals surface area (Å²) in [6.07, 6.45) is 0. The molecule has 0 aliphatic rings. The van der Waals surface area contributed by atoms with Gasteiger partial charge in [0.25, 0.3) is 0 Å². The van der Waals surface area contributed by atoms with E-state index in [-0.39, 0.29) is 23.4 Å². The fourth-order valence-corrected chi connectivity index (χ4v) is 4.90. The van der Waals surface area contributed by atoms with Crippen molar-refractivity contribution >= 4 is 20.8 Å². The Balaban J connectivity index is 1.64. The standard InChI is InChI=1S/C23H23N3O3S/c1-16(2)26(15-22-24-23(25-29-22)19-10-8-17(3)9-11-19)30(27,28)21-13-12-18-6-4-5-7-20(18)14-21/h4-14,16H,15H2,1-3H3. The van der Waals surface area contributed by atoms with Crippen LogP contribution >= 0.6 is 0 Å². The molecule has 0 N–H and O–H groups in total. The third-order valence-corrected chi connectivity index (χ3v) is 6.99. The van der Waals surface area contributed by atoms with E-state index in [1.807, 2.05) is 75.4 Å². The molecule has 6 nitrogen and oxygen atoms in total. The highest BCUT2D eigenvalue weighted by Crippen LogP contribution is 2.25. The van der Waals surface area contributed by atoms with Gasteiger partial charge in [-0.05, 0) is 43.7 Å². The Labute approximate surface area is 176 Å². The van der Waals surface area contributed by atoms with Crippen LogP contribution in [0.2, 0.25) is 0 Å². The van der Waals surface area contributed by atoms with Crippen molar-refractivity contribution in [3.63, 3.8) is 0 Å². The van der Waals surface area contributed by atoms with Crippen molar-refractivity contribution in [3.05, 3.63) is 78.2 Å². The van der Waals surface area contributed by atoms with E-state index < -0.39 is 10.0 Å². The Hall–Kier alpha value is -3.03. The molecule has 0 saturated carbocycles. The zero-order valence-electron chi connectivity index (χ0n) is 17.1. The van der Waals surface area contributed by atoms with Crippen molar-refractivity contribution in [1.29, 1.82) is 0 Å². The number of hydrogen-bond donors (Lipinski definition) is 0. The third-order valence-electron chi connectivity index (χ3n) is 4.97. The summed E-state index contributed by atoms with van der Waals surface area (Å²) in [5.74, 6) is 0.695. The average Bonchev–Trinajstić information content (AvgIpc) is 3.20. The molecular weight excluding hydrogens is 398 g/mol. The predicted molar refractivity (Wildman–Crippen MR) is 116 cm³/mol. The maximum Gasteiger partial charge on any atom is 0.243 e. The highest BCUT2D eigenvalue weighted by Gasteiger charge is 2.29. The topological polar surface area (TPSA) is 76.3 Å². The maximum atomic E-state index is 13.4. The second-order valence-electron chi connectivity index (χ2n) is 7.53. The van der Waals surface area contributed by atoms with E-state index in [0.29, 0.717) is 5.82 Å². The van der Waals surface area contributed by atoms with Crippen LogP contribution in [0, 0.1) is 6.92 Å². The van der Waals surface area contributed by atoms with Gasteiger partial charge in [-0.25, -0.2) is 8.42 Å². The molecule has 0 saturated heterocycles. The molecule has 0 bridgehead atoms. The smallest absolute Gasteiger partial charge is 0.243 e. The minimum Gasteiger partial charge on any atom is -0.338 e. The summed E-state index contributed by atoms with van der Waals surface area (Å²) in [5, 5.41) is 5.89. The van der Waals surface area contributed by atoms with E-state index in [0.717, 1.165) is 21.9 Å². The summed E-state index contributed by atoms with van der Waals surface area (Å²) in [4.78, 5) is 4.65. The second kappa shape index (κ2) is 8.01. The number of nitrogens with zero attached hydrogens (tertiary/aromatic N) is 3. The van der Waals surface area contributed by atoms with Crippen LogP contribution in [0.15, 0.2) is 76.1 Å². The second-order valence-corrected chi connectivity index (χ2v) is 9.42. The first kappa shape index (κ1) is 20.3. The molecule has 0 spiro atoms. The molecule has 3 aromatic carbocycles. The van der Waals surface area contributed by atoms with Gasteiger partial charge in [0, 0.05) is 11.6 Å². The van der Waals surface area contributed by atoms with E-state index >= 15 is 0 Å². The minimum absolute atomic E-state index is 0.00564. The van der Waals surface area contributed by atoms with E-state index in [9.17, 15) is 8.42 Å². The molecule has 0 atom stereocenters. The zero-order chi connectivity index (χ0) is 21.3. The van der Waals surface area contributed by atoms with Crippen LogP contribution in [0.1, 0.15) is 25.3 Å². The van der Waals surface area contributed by atoms with Gasteiger partial charge in [0.1, 0.15) is 0 Å². The van der Waals surface area contributed by atoms with Crippen LogP contribution < -0.4 is 0 Å². The summed E-state index contributed by atoms with van der Waals surface area (Å²) < 4.78 is 33.5. The lowest BCUT2D eigenvalue weighted by molar-refractivity contribution is 0.286. The monoisotopic (exact) mass is 421 g/mol. The number of rotatable bonds is 6. The number of hydrogen-bond acceptors (Lipinski definition) is 5. The lowest BCUT2D eigenvalue weighted by Gasteiger charge is -2.24. The van der Waals surface area contributed by atoms with Crippen molar-refractivity contribution in [2.45, 2.75) is 38.3 Å². The Morgan fingerprint density at radius 2 is 1.67 bits per heavy atom. The molecule has 1 aromatic heterocycles. The van der Waals surface area contributed by atoms with Crippen molar-refractivity contribution in [3.8, 4) is 11.4 Å². The van der Waals surface area contributed by atoms with Crippen LogP contribution in [0.4, 0.5) is 0 Å². The molecule has 0 radical (unpaired) electrons. The first-order valence-electron chi connectivity index (χ1n) is 9.75. The van der Waals surface area contributed by atoms with E-state index in [2.05, 4.69) is 10.1 Å². The van der Waals surface area contributed by atoms with Crippen molar-refractivity contribution in [2.24, 2.45) is 0 Å². The van der Waals surface area contributed by atoms with Gasteiger partial charge in [-0.2, -0.15) is 9.29 Å². The molecule has 0 unspecified atom stereocenters. The van der Waals surface area contributed by atoms with Crippen LogP contribution in [0.5, 0.6) is 0 Å². The summed E-state index contributed by atoms with van der Waals surface area (Å²) in [6, 6.07) is 20.3. The highest BCUT2D eigenvalue weighted by atomic mass is 32.2. The van der Waals surface area contributed by atoms with E-state index in [1.165, 1.54) is 4.31 Å². The maximum absolute atomic E-state index is 13.4. The zero-order valence-corrected chi connectivity index (χ0v) is 17.9. The Kier molecular flexibility index (Phi) is 5.40. The predicted octanol–water partition coefficient (Wildman–Crippen LogP) is 4.80. The summed E-state index contributed by atoms with van der Waals surface area (Å²) in [5.41, 5.74) is 1.96. The fraction of sp³-hybridized carbons (Fsp3) is 0.217. The van der Waals surface area contributed by atoms with Crippen LogP contribution in [0.3, 0.4) is 0 Å². The largest absolute Gasteiger partial charge is 0.338 e. The molecular formula is C23H23N3O3S. The van der Waals surface area contributed by atoms with Crippen molar-refractivity contribution < 1.29 is 12.9 Å². The number of aryl methyl sites for hydroxylation is 1. The molecule has 4 aromatic rings. The van der Waals surface area contributed by atoms with Crippen molar-refractivity contribution in [1.82, 2.24) is 14.4 Å². The third kappa shape index (κ3) is 3.99. The summed E-state index contributed by atoms with van der Waals surface area (Å²) >= 11 is 0. The number of sulfonamides is 1. The molecule has 4 rings (SSSR count). The Morgan fingerprint density at radius 3 is 2.37 bits per heavy atom. The van der Waals surface area contributed by atoms with E-state index in [4.69, 9.17) is 4.52 Å². The van der Waals surface area contributed by atoms with Crippen LogP contribution in [-0.4, -0.2) is 28.9 Å². The average molecular weight is 422 g/mol. The molecule has 30 heavy (non-hydrogen) atoms. The summed E-state index contributed by atoms with van der Waals surface area (Å²) in [7, 11) is -3.75. The lowest BCUT2D eigenvalue weighted by atomic mass is 10.1. The molecule has 0 fully saturated rings. The normalized spacial score (nSPS) is 12.2. The first-order chi connectivity index (χ1) is 14.3. The minimum atomic E-state index is -3.75. The number of fused-ring (bicyclic) bond motifs is 1. The van der Waals surface area contributed by atoms with Gasteiger partial charge in [-0.3, -0.25) is 0 Å². The Morgan fingerprint density at radius 1 is 0.967 bits per heavy atom. The van der Waals surface area contributed by atoms with Gasteiger partial charge in [0.2, 0.25) is 21.7 Å². The Bertz CT molecular complexity index is 1280. The van der Waals surface area contributed by atoms with Crippen LogP contribution in [-0.2, 0) is 16.6 Å². The first-order valence-corrected chi connectivity index (χ1v) is 11.2. The molecule has 0 aliphatic carbocycles. The number of aromatic nitrogens is 2. The summed E-state index contributed by atoms with van der Waals surface area (Å²) in [6.45, 7) is 5.67. The van der Waals surface area contributed by atoms with Gasteiger partial charge in [-0.1, -0.05) is 65.3 Å². The molecule has 154 valence electrons. The molecule has 1 heterocycles. The number of benzene rings is 3. The van der Waals surface area contributed by atoms with Gasteiger partial charge in [0.15, 0.2) is 0 Å². The van der Waals surface area contributed by atoms with E-state index in [1.54, 1.807) is 12.1 Å². The van der Waals surface area contributed by atoms with Crippen LogP contribution in [0.25, 0.3) is 22.2 Å². The van der Waals surface area contributed by atoms with Gasteiger partial charge in [-0.15, -0.1) is 0 Å². The molecule has 7 heteroatoms. The molecule has 0 amide bonds. The fourth-order valence-electron chi connectivity index (χ4n) is 3.28. The van der Waals surface area contributed by atoms with Gasteiger partial charge < -0.3 is 4.52 Å². The van der Waals surface area contributed by atoms with Gasteiger partial charge >= 0.3 is 0 Å². The lowest BCUT2D eigenvalue weighted by Crippen LogP contribution is -2.36. The SMILES string of the molecule is Cc1ccc(-c2noc(CN(C(C)C)S(=O)(=O)c3ccc4ccccc4c3)n2)cc1. The molecule has 0 aliphatic heterocycles.